The number of amides is 1. The van der Waals surface area contributed by atoms with Crippen LogP contribution < -0.4 is 4.74 Å². The van der Waals surface area contributed by atoms with Crippen molar-refractivity contribution in [2.75, 3.05) is 19.7 Å². The lowest BCUT2D eigenvalue weighted by Gasteiger charge is -2.37. The van der Waals surface area contributed by atoms with Crippen molar-refractivity contribution >= 4 is 17.5 Å². The predicted molar refractivity (Wildman–Crippen MR) is 77.6 cm³/mol. The Morgan fingerprint density at radius 1 is 1.48 bits per heavy atom. The summed E-state index contributed by atoms with van der Waals surface area (Å²) in [5.74, 6) is 0.661. The summed E-state index contributed by atoms with van der Waals surface area (Å²) in [7, 11) is 0. The maximum atomic E-state index is 12.6. The summed E-state index contributed by atoms with van der Waals surface area (Å²) in [4.78, 5) is 14.3. The summed E-state index contributed by atoms with van der Waals surface area (Å²) < 4.78 is 11.3. The summed E-state index contributed by atoms with van der Waals surface area (Å²) in [6, 6.07) is 5.39. The van der Waals surface area contributed by atoms with Crippen molar-refractivity contribution in [3.63, 3.8) is 0 Å². The van der Waals surface area contributed by atoms with Crippen molar-refractivity contribution in [1.29, 1.82) is 0 Å². The first-order valence-electron chi connectivity index (χ1n) is 7.07. The number of rotatable bonds is 2. The number of halogens is 1. The summed E-state index contributed by atoms with van der Waals surface area (Å²) in [5, 5.41) is 9.88. The maximum absolute atomic E-state index is 12.6. The number of morpholine rings is 1. The summed E-state index contributed by atoms with van der Waals surface area (Å²) in [6.45, 7) is 2.73. The molecule has 1 fully saturated rings. The number of nitrogens with zero attached hydrogens (tertiary/aromatic N) is 1. The second-order valence-electron chi connectivity index (χ2n) is 5.56. The molecule has 0 spiro atoms. The van der Waals surface area contributed by atoms with Gasteiger partial charge in [-0.05, 0) is 30.7 Å². The van der Waals surface area contributed by atoms with E-state index in [2.05, 4.69) is 0 Å². The quantitative estimate of drug-likeness (QED) is 0.893. The summed E-state index contributed by atoms with van der Waals surface area (Å²) >= 11 is 5.96. The second kappa shape index (κ2) is 5.83. The molecule has 2 aliphatic heterocycles. The minimum absolute atomic E-state index is 0.0593. The number of aliphatic hydroxyl groups excluding tert-OH is 1. The fourth-order valence-corrected chi connectivity index (χ4v) is 3.08. The lowest BCUT2D eigenvalue weighted by atomic mass is 10.1. The van der Waals surface area contributed by atoms with Gasteiger partial charge in [-0.2, -0.15) is 0 Å². The molecular weight excluding hydrogens is 294 g/mol. The Labute approximate surface area is 128 Å². The number of fused-ring (bicyclic) bond motifs is 1. The van der Waals surface area contributed by atoms with E-state index in [1.807, 2.05) is 13.0 Å². The highest BCUT2D eigenvalue weighted by Crippen LogP contribution is 2.32. The molecule has 1 saturated heterocycles. The third-order valence-electron chi connectivity index (χ3n) is 3.81. The number of hydrogen-bond donors (Lipinski definition) is 1. The number of carbonyl (C=O) groups excluding carboxylic acids is 1. The summed E-state index contributed by atoms with van der Waals surface area (Å²) in [6.07, 6.45) is -0.387. The van der Waals surface area contributed by atoms with Crippen molar-refractivity contribution in [2.24, 2.45) is 0 Å². The molecule has 1 amide bonds. The van der Waals surface area contributed by atoms with Crippen molar-refractivity contribution in [3.05, 3.63) is 28.8 Å². The largest absolute Gasteiger partial charge is 0.480 e. The van der Waals surface area contributed by atoms with Crippen LogP contribution in [0.1, 0.15) is 12.5 Å². The molecule has 0 radical (unpaired) electrons. The third-order valence-corrected chi connectivity index (χ3v) is 4.05. The van der Waals surface area contributed by atoms with E-state index in [4.69, 9.17) is 21.1 Å². The van der Waals surface area contributed by atoms with E-state index in [0.717, 1.165) is 11.3 Å². The van der Waals surface area contributed by atoms with Crippen LogP contribution >= 0.6 is 11.6 Å². The lowest BCUT2D eigenvalue weighted by Crippen LogP contribution is -2.53. The van der Waals surface area contributed by atoms with E-state index < -0.39 is 6.10 Å². The smallest absolute Gasteiger partial charge is 0.264 e. The average Bonchev–Trinajstić information content (AvgIpc) is 2.88. The molecule has 2 heterocycles. The minimum atomic E-state index is -0.511. The first-order chi connectivity index (χ1) is 10.1. The summed E-state index contributed by atoms with van der Waals surface area (Å²) in [5.41, 5.74) is 0.959. The lowest BCUT2D eigenvalue weighted by molar-refractivity contribution is -0.153. The zero-order chi connectivity index (χ0) is 15.0. The predicted octanol–water partition coefficient (Wildman–Crippen LogP) is 1.25. The van der Waals surface area contributed by atoms with Crippen LogP contribution in [-0.2, 0) is 16.0 Å². The molecule has 3 atom stereocenters. The van der Waals surface area contributed by atoms with Crippen LogP contribution in [0.4, 0.5) is 0 Å². The van der Waals surface area contributed by atoms with Gasteiger partial charge in [0.15, 0.2) is 6.10 Å². The van der Waals surface area contributed by atoms with Crippen LogP contribution in [0.15, 0.2) is 18.2 Å². The monoisotopic (exact) mass is 311 g/mol. The van der Waals surface area contributed by atoms with Gasteiger partial charge in [0.2, 0.25) is 0 Å². The number of carbonyl (C=O) groups is 1. The van der Waals surface area contributed by atoms with Crippen LogP contribution in [0.5, 0.6) is 5.75 Å². The minimum Gasteiger partial charge on any atom is -0.480 e. The SMILES string of the molecule is CC1CN(C(=O)C2Cc3cc(Cl)ccc3O2)CC(CO)O1. The Balaban J connectivity index is 1.69. The molecule has 0 aromatic heterocycles. The van der Waals surface area contributed by atoms with Gasteiger partial charge in [-0.1, -0.05) is 11.6 Å². The van der Waals surface area contributed by atoms with Gasteiger partial charge in [0, 0.05) is 24.5 Å². The molecule has 0 bridgehead atoms. The van der Waals surface area contributed by atoms with Gasteiger partial charge in [0.05, 0.1) is 18.8 Å². The van der Waals surface area contributed by atoms with Crippen molar-refractivity contribution < 1.29 is 19.4 Å². The molecule has 114 valence electrons. The van der Waals surface area contributed by atoms with Crippen LogP contribution in [0.2, 0.25) is 5.02 Å². The molecule has 21 heavy (non-hydrogen) atoms. The van der Waals surface area contributed by atoms with Gasteiger partial charge in [-0.3, -0.25) is 4.79 Å². The highest BCUT2D eigenvalue weighted by Gasteiger charge is 2.36. The van der Waals surface area contributed by atoms with E-state index in [9.17, 15) is 9.90 Å². The molecule has 0 saturated carbocycles. The van der Waals surface area contributed by atoms with Crippen molar-refractivity contribution in [3.8, 4) is 5.75 Å². The van der Waals surface area contributed by atoms with E-state index in [-0.39, 0.29) is 24.7 Å². The topological polar surface area (TPSA) is 59.0 Å². The van der Waals surface area contributed by atoms with Gasteiger partial charge in [-0.25, -0.2) is 0 Å². The fraction of sp³-hybridized carbons (Fsp3) is 0.533. The molecule has 5 nitrogen and oxygen atoms in total. The highest BCUT2D eigenvalue weighted by atomic mass is 35.5. The van der Waals surface area contributed by atoms with Gasteiger partial charge in [0.25, 0.3) is 5.91 Å². The zero-order valence-corrected chi connectivity index (χ0v) is 12.5. The maximum Gasteiger partial charge on any atom is 0.264 e. The van der Waals surface area contributed by atoms with Crippen LogP contribution in [0, 0.1) is 0 Å². The number of benzene rings is 1. The molecule has 3 rings (SSSR count). The van der Waals surface area contributed by atoms with Crippen LogP contribution in [0.3, 0.4) is 0 Å². The first kappa shape index (κ1) is 14.6. The van der Waals surface area contributed by atoms with Gasteiger partial charge >= 0.3 is 0 Å². The molecule has 3 unspecified atom stereocenters. The molecular formula is C15H18ClNO4. The zero-order valence-electron chi connectivity index (χ0n) is 11.8. The number of aliphatic hydroxyl groups is 1. The molecule has 1 aromatic carbocycles. The average molecular weight is 312 g/mol. The third kappa shape index (κ3) is 3.00. The van der Waals surface area contributed by atoms with Crippen molar-refractivity contribution in [2.45, 2.75) is 31.7 Å². The Hall–Kier alpha value is -1.30. The Morgan fingerprint density at radius 3 is 3.05 bits per heavy atom. The molecule has 1 aromatic rings. The van der Waals surface area contributed by atoms with Crippen molar-refractivity contribution in [1.82, 2.24) is 4.90 Å². The molecule has 1 N–H and O–H groups in total. The van der Waals surface area contributed by atoms with Gasteiger partial charge < -0.3 is 19.5 Å². The Bertz CT molecular complexity index is 550. The van der Waals surface area contributed by atoms with E-state index in [1.165, 1.54) is 0 Å². The van der Waals surface area contributed by atoms with Gasteiger partial charge in [-0.15, -0.1) is 0 Å². The van der Waals surface area contributed by atoms with E-state index in [1.54, 1.807) is 17.0 Å². The first-order valence-corrected chi connectivity index (χ1v) is 7.45. The van der Waals surface area contributed by atoms with Gasteiger partial charge in [0.1, 0.15) is 5.75 Å². The standard InChI is InChI=1S/C15H18ClNO4/c1-9-6-17(7-12(8-18)20-9)15(19)14-5-10-4-11(16)2-3-13(10)21-14/h2-4,9,12,14,18H,5-8H2,1H3. The Kier molecular flexibility index (Phi) is 4.06. The second-order valence-corrected chi connectivity index (χ2v) is 5.99. The Morgan fingerprint density at radius 2 is 2.29 bits per heavy atom. The fourth-order valence-electron chi connectivity index (χ4n) is 2.88. The number of hydrogen-bond acceptors (Lipinski definition) is 4. The van der Waals surface area contributed by atoms with Crippen LogP contribution in [-0.4, -0.2) is 53.9 Å². The highest BCUT2D eigenvalue weighted by molar-refractivity contribution is 6.30. The van der Waals surface area contributed by atoms with E-state index in [0.29, 0.717) is 24.5 Å². The number of ether oxygens (including phenoxy) is 2. The molecule has 6 heteroatoms. The molecule has 0 aliphatic carbocycles. The van der Waals surface area contributed by atoms with E-state index >= 15 is 0 Å². The van der Waals surface area contributed by atoms with Crippen LogP contribution in [0.25, 0.3) is 0 Å². The normalized spacial score (nSPS) is 28.1. The molecule has 2 aliphatic rings.